The van der Waals surface area contributed by atoms with Crippen LogP contribution in [0.5, 0.6) is 0 Å². The molecule has 0 amide bonds. The number of fused-ring (bicyclic) bond motifs is 1. The monoisotopic (exact) mass is 323 g/mol. The summed E-state index contributed by atoms with van der Waals surface area (Å²) in [6, 6.07) is 0. The van der Waals surface area contributed by atoms with E-state index >= 15 is 0 Å². The number of alkyl halides is 2. The van der Waals surface area contributed by atoms with Crippen molar-refractivity contribution in [2.45, 2.75) is 52.2 Å². The molecule has 0 N–H and O–H groups in total. The second kappa shape index (κ2) is 6.39. The van der Waals surface area contributed by atoms with Crippen molar-refractivity contribution >= 4 is 0 Å². The largest absolute Gasteiger partial charge is 0.335 e. The van der Waals surface area contributed by atoms with Crippen molar-refractivity contribution in [3.8, 4) is 0 Å². The third kappa shape index (κ3) is 3.44. The van der Waals surface area contributed by atoms with E-state index in [2.05, 4.69) is 35.5 Å². The number of halogens is 2. The minimum Gasteiger partial charge on any atom is -0.335 e. The third-order valence-electron chi connectivity index (χ3n) is 4.30. The van der Waals surface area contributed by atoms with Gasteiger partial charge in [-0.1, -0.05) is 13.8 Å². The van der Waals surface area contributed by atoms with Crippen LogP contribution in [0.2, 0.25) is 0 Å². The summed E-state index contributed by atoms with van der Waals surface area (Å²) in [6.45, 7) is 6.43. The highest BCUT2D eigenvalue weighted by atomic mass is 19.3. The molecule has 0 fully saturated rings. The highest BCUT2D eigenvalue weighted by Crippen LogP contribution is 2.24. The van der Waals surface area contributed by atoms with Crippen LogP contribution in [0.1, 0.15) is 42.5 Å². The Bertz CT molecular complexity index is 674. The fourth-order valence-corrected chi connectivity index (χ4v) is 3.24. The molecule has 0 saturated heterocycles. The normalized spacial score (nSPS) is 15.6. The Kier molecular flexibility index (Phi) is 4.48. The molecular formula is C16H23F2N5. The van der Waals surface area contributed by atoms with Gasteiger partial charge in [0.05, 0.1) is 11.9 Å². The van der Waals surface area contributed by atoms with Crippen molar-refractivity contribution in [1.82, 2.24) is 24.2 Å². The maximum absolute atomic E-state index is 12.4. The molecule has 0 aliphatic carbocycles. The van der Waals surface area contributed by atoms with E-state index in [1.54, 1.807) is 12.4 Å². The molecular weight excluding hydrogens is 300 g/mol. The summed E-state index contributed by atoms with van der Waals surface area (Å²) in [5.41, 5.74) is 3.43. The molecule has 2 aromatic rings. The van der Waals surface area contributed by atoms with Crippen LogP contribution in [-0.2, 0) is 33.1 Å². The topological polar surface area (TPSA) is 38.9 Å². The molecule has 1 aliphatic heterocycles. The summed E-state index contributed by atoms with van der Waals surface area (Å²) in [5, 5.41) is 4.00. The number of imidazole rings is 1. The van der Waals surface area contributed by atoms with Crippen molar-refractivity contribution in [1.29, 1.82) is 0 Å². The van der Waals surface area contributed by atoms with Crippen LogP contribution in [0.3, 0.4) is 0 Å². The first-order valence-corrected chi connectivity index (χ1v) is 8.00. The highest BCUT2D eigenvalue weighted by Gasteiger charge is 2.23. The van der Waals surface area contributed by atoms with Gasteiger partial charge in [0, 0.05) is 56.5 Å². The lowest BCUT2D eigenvalue weighted by Gasteiger charge is -2.26. The van der Waals surface area contributed by atoms with E-state index in [0.29, 0.717) is 5.92 Å². The SMILES string of the molecule is CC(C)c1nc2c(n1C)CCN(Cc1cnn(CC(F)F)c1)C2. The van der Waals surface area contributed by atoms with Gasteiger partial charge in [-0.15, -0.1) is 0 Å². The molecule has 0 radical (unpaired) electrons. The van der Waals surface area contributed by atoms with Gasteiger partial charge < -0.3 is 4.57 Å². The fourth-order valence-electron chi connectivity index (χ4n) is 3.24. The van der Waals surface area contributed by atoms with Crippen LogP contribution in [0.4, 0.5) is 8.78 Å². The minimum atomic E-state index is -2.37. The molecule has 1 aliphatic rings. The number of aromatic nitrogens is 4. The lowest BCUT2D eigenvalue weighted by Crippen LogP contribution is -2.30. The Morgan fingerprint density at radius 3 is 2.78 bits per heavy atom. The van der Waals surface area contributed by atoms with Gasteiger partial charge in [0.1, 0.15) is 12.4 Å². The average Bonchev–Trinajstić information content (AvgIpc) is 3.03. The molecule has 0 aromatic carbocycles. The number of nitrogens with zero attached hydrogens (tertiary/aromatic N) is 5. The van der Waals surface area contributed by atoms with Crippen LogP contribution in [0, 0.1) is 0 Å². The second-order valence-corrected chi connectivity index (χ2v) is 6.50. The highest BCUT2D eigenvalue weighted by molar-refractivity contribution is 5.21. The summed E-state index contributed by atoms with van der Waals surface area (Å²) < 4.78 is 28.3. The molecule has 23 heavy (non-hydrogen) atoms. The Morgan fingerprint density at radius 2 is 2.09 bits per heavy atom. The molecule has 5 nitrogen and oxygen atoms in total. The molecule has 0 saturated carbocycles. The first-order valence-electron chi connectivity index (χ1n) is 8.00. The standard InChI is InChI=1S/C16H23F2N5/c1-11(2)16-20-13-9-22(5-4-14(13)21(16)3)7-12-6-19-23(8-12)10-15(17)18/h6,8,11,15H,4-5,7,9-10H2,1-3H3. The fraction of sp³-hybridized carbons (Fsp3) is 0.625. The number of rotatable bonds is 5. The molecule has 0 atom stereocenters. The van der Waals surface area contributed by atoms with Crippen LogP contribution in [0.15, 0.2) is 12.4 Å². The van der Waals surface area contributed by atoms with E-state index in [4.69, 9.17) is 4.98 Å². The van der Waals surface area contributed by atoms with Crippen LogP contribution < -0.4 is 0 Å². The first-order chi connectivity index (χ1) is 10.9. The van der Waals surface area contributed by atoms with Gasteiger partial charge in [0.15, 0.2) is 0 Å². The third-order valence-corrected chi connectivity index (χ3v) is 4.30. The van der Waals surface area contributed by atoms with E-state index in [9.17, 15) is 8.78 Å². The van der Waals surface area contributed by atoms with Crippen molar-refractivity contribution in [3.05, 3.63) is 35.2 Å². The zero-order chi connectivity index (χ0) is 16.6. The Labute approximate surface area is 134 Å². The summed E-state index contributed by atoms with van der Waals surface area (Å²) >= 11 is 0. The van der Waals surface area contributed by atoms with Gasteiger partial charge in [-0.2, -0.15) is 5.10 Å². The van der Waals surface area contributed by atoms with Crippen molar-refractivity contribution in [3.63, 3.8) is 0 Å². The maximum atomic E-state index is 12.4. The zero-order valence-electron chi connectivity index (χ0n) is 13.8. The summed E-state index contributed by atoms with van der Waals surface area (Å²) in [6.07, 6.45) is 1.98. The van der Waals surface area contributed by atoms with Gasteiger partial charge >= 0.3 is 0 Å². The van der Waals surface area contributed by atoms with Crippen molar-refractivity contribution < 1.29 is 8.78 Å². The van der Waals surface area contributed by atoms with Gasteiger partial charge in [0.25, 0.3) is 6.43 Å². The maximum Gasteiger partial charge on any atom is 0.257 e. The van der Waals surface area contributed by atoms with Crippen molar-refractivity contribution in [2.24, 2.45) is 7.05 Å². The zero-order valence-corrected chi connectivity index (χ0v) is 13.8. The Balaban J connectivity index is 1.68. The smallest absolute Gasteiger partial charge is 0.257 e. The van der Waals surface area contributed by atoms with Crippen molar-refractivity contribution in [2.75, 3.05) is 6.54 Å². The van der Waals surface area contributed by atoms with E-state index in [1.165, 1.54) is 10.4 Å². The van der Waals surface area contributed by atoms with Gasteiger partial charge in [-0.25, -0.2) is 13.8 Å². The number of hydrogen-bond acceptors (Lipinski definition) is 3. The first kappa shape index (κ1) is 16.1. The van der Waals surface area contributed by atoms with E-state index in [1.807, 2.05) is 0 Å². The molecule has 2 aromatic heterocycles. The lowest BCUT2D eigenvalue weighted by atomic mass is 10.1. The molecule has 3 heterocycles. The molecule has 7 heteroatoms. The molecule has 3 rings (SSSR count). The average molecular weight is 323 g/mol. The Morgan fingerprint density at radius 1 is 1.30 bits per heavy atom. The van der Waals surface area contributed by atoms with Crippen LogP contribution in [0.25, 0.3) is 0 Å². The molecule has 0 spiro atoms. The molecule has 0 bridgehead atoms. The van der Waals surface area contributed by atoms with Gasteiger partial charge in [-0.3, -0.25) is 9.58 Å². The van der Waals surface area contributed by atoms with E-state index in [0.717, 1.165) is 43.1 Å². The summed E-state index contributed by atoms with van der Waals surface area (Å²) in [7, 11) is 2.09. The predicted molar refractivity (Wildman–Crippen MR) is 83.3 cm³/mol. The summed E-state index contributed by atoms with van der Waals surface area (Å²) in [4.78, 5) is 7.08. The van der Waals surface area contributed by atoms with Gasteiger partial charge in [0.2, 0.25) is 0 Å². The van der Waals surface area contributed by atoms with E-state index < -0.39 is 6.43 Å². The second-order valence-electron chi connectivity index (χ2n) is 6.50. The quantitative estimate of drug-likeness (QED) is 0.849. The van der Waals surface area contributed by atoms with E-state index in [-0.39, 0.29) is 6.54 Å². The summed E-state index contributed by atoms with van der Waals surface area (Å²) in [5.74, 6) is 1.54. The molecule has 126 valence electrons. The van der Waals surface area contributed by atoms with Crippen LogP contribution >= 0.6 is 0 Å². The van der Waals surface area contributed by atoms with Gasteiger partial charge in [-0.05, 0) is 0 Å². The minimum absolute atomic E-state index is 0.345. The Hall–Kier alpha value is -1.76. The number of hydrogen-bond donors (Lipinski definition) is 0. The van der Waals surface area contributed by atoms with Crippen LogP contribution in [-0.4, -0.2) is 37.2 Å². The lowest BCUT2D eigenvalue weighted by molar-refractivity contribution is 0.121. The predicted octanol–water partition coefficient (Wildman–Crippen LogP) is 2.56. The molecule has 0 unspecified atom stereocenters.